The molecule has 13 heavy (non-hydrogen) atoms. The van der Waals surface area contributed by atoms with Gasteiger partial charge in [0.1, 0.15) is 0 Å². The van der Waals surface area contributed by atoms with Gasteiger partial charge in [0.05, 0.1) is 6.54 Å². The van der Waals surface area contributed by atoms with Crippen molar-refractivity contribution in [3.63, 3.8) is 0 Å². The summed E-state index contributed by atoms with van der Waals surface area (Å²) in [5, 5.41) is 0. The highest BCUT2D eigenvalue weighted by atomic mass is 16.2. The Labute approximate surface area is 79.4 Å². The Morgan fingerprint density at radius 1 is 1.46 bits per heavy atom. The number of nitrogens with one attached hydrogen (secondary N) is 1. The van der Waals surface area contributed by atoms with Crippen molar-refractivity contribution in [2.24, 2.45) is 5.84 Å². The lowest BCUT2D eigenvalue weighted by Crippen LogP contribution is -2.43. The van der Waals surface area contributed by atoms with Crippen LogP contribution in [0.5, 0.6) is 0 Å². The molecule has 0 aliphatic heterocycles. The topological polar surface area (TPSA) is 58.4 Å². The molecule has 4 heteroatoms. The SMILES string of the molecule is CN(CC(=O)NN)C1CCCCC1. The molecule has 76 valence electrons. The quantitative estimate of drug-likeness (QED) is 0.376. The molecule has 1 saturated carbocycles. The lowest BCUT2D eigenvalue weighted by Gasteiger charge is -2.30. The van der Waals surface area contributed by atoms with E-state index in [2.05, 4.69) is 10.3 Å². The average Bonchev–Trinajstić information content (AvgIpc) is 2.19. The minimum atomic E-state index is -0.104. The molecular formula is C9H19N3O. The number of hydrazine groups is 1. The number of nitrogens with zero attached hydrogens (tertiary/aromatic N) is 1. The summed E-state index contributed by atoms with van der Waals surface area (Å²) in [7, 11) is 1.99. The van der Waals surface area contributed by atoms with Crippen LogP contribution in [0.4, 0.5) is 0 Å². The molecule has 0 radical (unpaired) electrons. The lowest BCUT2D eigenvalue weighted by atomic mass is 9.94. The van der Waals surface area contributed by atoms with Crippen LogP contribution in [0.2, 0.25) is 0 Å². The molecule has 0 aromatic carbocycles. The van der Waals surface area contributed by atoms with Gasteiger partial charge in [0.2, 0.25) is 5.91 Å². The van der Waals surface area contributed by atoms with Crippen molar-refractivity contribution in [1.29, 1.82) is 0 Å². The second-order valence-corrected chi connectivity index (χ2v) is 3.77. The van der Waals surface area contributed by atoms with Gasteiger partial charge in [-0.1, -0.05) is 19.3 Å². The largest absolute Gasteiger partial charge is 0.295 e. The second-order valence-electron chi connectivity index (χ2n) is 3.77. The first-order valence-corrected chi connectivity index (χ1v) is 4.93. The van der Waals surface area contributed by atoms with Crippen LogP contribution in [0.3, 0.4) is 0 Å². The van der Waals surface area contributed by atoms with E-state index in [4.69, 9.17) is 5.84 Å². The third-order valence-electron chi connectivity index (χ3n) is 2.75. The fourth-order valence-electron chi connectivity index (χ4n) is 1.92. The Hall–Kier alpha value is -0.610. The van der Waals surface area contributed by atoms with E-state index >= 15 is 0 Å². The molecule has 0 heterocycles. The third kappa shape index (κ3) is 3.32. The highest BCUT2D eigenvalue weighted by Gasteiger charge is 2.19. The van der Waals surface area contributed by atoms with Crippen LogP contribution in [0.25, 0.3) is 0 Å². The predicted octanol–water partition coefficient (Wildman–Crippen LogP) is 0.241. The molecule has 0 saturated heterocycles. The summed E-state index contributed by atoms with van der Waals surface area (Å²) in [4.78, 5) is 13.1. The summed E-state index contributed by atoms with van der Waals surface area (Å²) in [5.74, 6) is 4.92. The van der Waals surface area contributed by atoms with Gasteiger partial charge in [-0.25, -0.2) is 5.84 Å². The van der Waals surface area contributed by atoms with E-state index in [9.17, 15) is 4.79 Å². The number of hydrogen-bond acceptors (Lipinski definition) is 3. The van der Waals surface area contributed by atoms with E-state index in [0.29, 0.717) is 12.6 Å². The summed E-state index contributed by atoms with van der Waals surface area (Å²) in [6, 6.07) is 0.575. The molecule has 3 N–H and O–H groups in total. The van der Waals surface area contributed by atoms with Gasteiger partial charge in [-0.05, 0) is 19.9 Å². The molecule has 0 unspecified atom stereocenters. The Morgan fingerprint density at radius 2 is 2.08 bits per heavy atom. The monoisotopic (exact) mass is 185 g/mol. The van der Waals surface area contributed by atoms with Gasteiger partial charge in [-0.3, -0.25) is 15.1 Å². The van der Waals surface area contributed by atoms with Crippen LogP contribution in [-0.2, 0) is 4.79 Å². The maximum Gasteiger partial charge on any atom is 0.248 e. The number of carbonyl (C=O) groups is 1. The normalized spacial score (nSPS) is 19.0. The molecule has 1 rings (SSSR count). The van der Waals surface area contributed by atoms with Crippen LogP contribution >= 0.6 is 0 Å². The standard InChI is InChI=1S/C9H19N3O/c1-12(7-9(13)11-10)8-5-3-2-4-6-8/h8H,2-7,10H2,1H3,(H,11,13). The zero-order chi connectivity index (χ0) is 9.68. The molecule has 0 spiro atoms. The molecule has 1 fully saturated rings. The summed E-state index contributed by atoms with van der Waals surface area (Å²) < 4.78 is 0. The summed E-state index contributed by atoms with van der Waals surface area (Å²) in [6.45, 7) is 0.418. The third-order valence-corrected chi connectivity index (χ3v) is 2.75. The zero-order valence-electron chi connectivity index (χ0n) is 8.25. The van der Waals surface area contributed by atoms with Crippen LogP contribution in [0.15, 0.2) is 0 Å². The minimum Gasteiger partial charge on any atom is -0.295 e. The zero-order valence-corrected chi connectivity index (χ0v) is 8.25. The van der Waals surface area contributed by atoms with Crippen molar-refractivity contribution in [2.75, 3.05) is 13.6 Å². The number of likely N-dealkylation sites (N-methyl/N-ethyl adjacent to an activating group) is 1. The number of hydrogen-bond donors (Lipinski definition) is 2. The van der Waals surface area contributed by atoms with E-state index in [0.717, 1.165) is 0 Å². The summed E-state index contributed by atoms with van der Waals surface area (Å²) in [5.41, 5.74) is 2.15. The maximum absolute atomic E-state index is 11.0. The Kier molecular flexibility index (Phi) is 4.18. The van der Waals surface area contributed by atoms with Crippen molar-refractivity contribution in [3.05, 3.63) is 0 Å². The van der Waals surface area contributed by atoms with E-state index < -0.39 is 0 Å². The maximum atomic E-state index is 11.0. The first-order valence-electron chi connectivity index (χ1n) is 4.93. The van der Waals surface area contributed by atoms with Gasteiger partial charge in [-0.2, -0.15) is 0 Å². The number of nitrogens with two attached hydrogens (primary N) is 1. The van der Waals surface area contributed by atoms with E-state index in [1.54, 1.807) is 0 Å². The molecule has 1 aliphatic rings. The van der Waals surface area contributed by atoms with E-state index in [1.165, 1.54) is 32.1 Å². The van der Waals surface area contributed by atoms with Gasteiger partial charge in [0, 0.05) is 6.04 Å². The lowest BCUT2D eigenvalue weighted by molar-refractivity contribution is -0.122. The fraction of sp³-hybridized carbons (Fsp3) is 0.889. The van der Waals surface area contributed by atoms with E-state index in [-0.39, 0.29) is 5.91 Å². The summed E-state index contributed by atoms with van der Waals surface area (Å²) >= 11 is 0. The van der Waals surface area contributed by atoms with Crippen molar-refractivity contribution in [3.8, 4) is 0 Å². The molecule has 0 bridgehead atoms. The number of carbonyl (C=O) groups excluding carboxylic acids is 1. The first-order chi connectivity index (χ1) is 6.24. The van der Waals surface area contributed by atoms with Crippen LogP contribution in [0, 0.1) is 0 Å². The minimum absolute atomic E-state index is 0.104. The molecule has 1 aliphatic carbocycles. The van der Waals surface area contributed by atoms with Gasteiger partial charge in [0.25, 0.3) is 0 Å². The van der Waals surface area contributed by atoms with E-state index in [1.807, 2.05) is 7.05 Å². The number of amides is 1. The summed E-state index contributed by atoms with van der Waals surface area (Å²) in [6.07, 6.45) is 6.36. The van der Waals surface area contributed by atoms with Crippen molar-refractivity contribution in [2.45, 2.75) is 38.1 Å². The van der Waals surface area contributed by atoms with Crippen molar-refractivity contribution < 1.29 is 4.79 Å². The van der Waals surface area contributed by atoms with Gasteiger partial charge in [0.15, 0.2) is 0 Å². The molecule has 4 nitrogen and oxygen atoms in total. The Bertz CT molecular complexity index is 166. The van der Waals surface area contributed by atoms with Crippen molar-refractivity contribution >= 4 is 5.91 Å². The van der Waals surface area contributed by atoms with Crippen LogP contribution in [0.1, 0.15) is 32.1 Å². The molecule has 0 aromatic heterocycles. The molecule has 0 aromatic rings. The van der Waals surface area contributed by atoms with Gasteiger partial charge in [-0.15, -0.1) is 0 Å². The van der Waals surface area contributed by atoms with Crippen LogP contribution < -0.4 is 11.3 Å². The van der Waals surface area contributed by atoms with Crippen LogP contribution in [-0.4, -0.2) is 30.4 Å². The second kappa shape index (κ2) is 5.19. The molecule has 1 amide bonds. The Balaban J connectivity index is 2.28. The fourth-order valence-corrected chi connectivity index (χ4v) is 1.92. The molecule has 0 atom stereocenters. The average molecular weight is 185 g/mol. The highest BCUT2D eigenvalue weighted by molar-refractivity contribution is 5.77. The van der Waals surface area contributed by atoms with Crippen molar-refractivity contribution in [1.82, 2.24) is 10.3 Å². The van der Waals surface area contributed by atoms with Gasteiger partial charge < -0.3 is 0 Å². The highest BCUT2D eigenvalue weighted by Crippen LogP contribution is 2.21. The first kappa shape index (κ1) is 10.5. The predicted molar refractivity (Wildman–Crippen MR) is 51.8 cm³/mol. The van der Waals surface area contributed by atoms with Gasteiger partial charge >= 0.3 is 0 Å². The smallest absolute Gasteiger partial charge is 0.248 e. The molecular weight excluding hydrogens is 166 g/mol. The Morgan fingerprint density at radius 3 is 2.62 bits per heavy atom. The number of rotatable bonds is 3.